The van der Waals surface area contributed by atoms with Crippen molar-refractivity contribution in [1.29, 1.82) is 0 Å². The van der Waals surface area contributed by atoms with E-state index in [0.717, 1.165) is 25.0 Å². The summed E-state index contributed by atoms with van der Waals surface area (Å²) < 4.78 is 30.0. The quantitative estimate of drug-likeness (QED) is 0.515. The number of amides is 1. The van der Waals surface area contributed by atoms with Gasteiger partial charge in [-0.1, -0.05) is 20.3 Å². The summed E-state index contributed by atoms with van der Waals surface area (Å²) >= 11 is 0. The Hall–Kier alpha value is -3.27. The van der Waals surface area contributed by atoms with Crippen LogP contribution in [0.2, 0.25) is 0 Å². The number of hydrogen-bond donors (Lipinski definition) is 2. The minimum Gasteiger partial charge on any atom is -0.322 e. The van der Waals surface area contributed by atoms with Gasteiger partial charge in [-0.2, -0.15) is 5.10 Å². The second-order valence-electron chi connectivity index (χ2n) is 9.39. The maximum atomic E-state index is 13.2. The summed E-state index contributed by atoms with van der Waals surface area (Å²) in [6.45, 7) is 8.73. The number of sulfonamides is 1. The molecule has 1 amide bonds. The Balaban J connectivity index is 1.56. The molecule has 0 atom stereocenters. The van der Waals surface area contributed by atoms with Gasteiger partial charge in [0, 0.05) is 30.4 Å². The Morgan fingerprint density at radius 1 is 1.06 bits per heavy atom. The Bertz CT molecular complexity index is 1360. The van der Waals surface area contributed by atoms with Crippen molar-refractivity contribution in [2.24, 2.45) is 4.99 Å². The number of rotatable bonds is 6. The van der Waals surface area contributed by atoms with Crippen molar-refractivity contribution < 1.29 is 13.2 Å². The van der Waals surface area contributed by atoms with Crippen LogP contribution in [-0.4, -0.2) is 41.5 Å². The molecule has 1 aliphatic rings. The van der Waals surface area contributed by atoms with E-state index >= 15 is 0 Å². The van der Waals surface area contributed by atoms with E-state index in [1.165, 1.54) is 12.1 Å². The monoisotopic (exact) mass is 496 g/mol. The van der Waals surface area contributed by atoms with Crippen LogP contribution in [0.3, 0.4) is 0 Å². The minimum absolute atomic E-state index is 0.102. The number of nitrogens with one attached hydrogen (secondary N) is 2. The SMILES string of the molecule is CC(C)c1cc(C(=O)Nc2ccc(S(=O)(=O)NC3=NCCCCC3)cc2)c2cnn(C(C)C)c2n1. The van der Waals surface area contributed by atoms with E-state index in [0.29, 0.717) is 41.1 Å². The number of aliphatic imine (C=N–C) groups is 1. The third kappa shape index (κ3) is 5.53. The summed E-state index contributed by atoms with van der Waals surface area (Å²) in [5.41, 5.74) is 2.45. The lowest BCUT2D eigenvalue weighted by molar-refractivity contribution is 0.102. The van der Waals surface area contributed by atoms with Gasteiger partial charge in [-0.3, -0.25) is 14.5 Å². The van der Waals surface area contributed by atoms with Gasteiger partial charge >= 0.3 is 0 Å². The Kier molecular flexibility index (Phi) is 7.20. The Morgan fingerprint density at radius 3 is 2.49 bits per heavy atom. The molecule has 4 rings (SSSR count). The molecule has 0 saturated heterocycles. The highest BCUT2D eigenvalue weighted by Gasteiger charge is 2.20. The predicted octanol–water partition coefficient (Wildman–Crippen LogP) is 4.64. The van der Waals surface area contributed by atoms with Crippen molar-refractivity contribution in [3.05, 3.63) is 47.8 Å². The van der Waals surface area contributed by atoms with E-state index in [9.17, 15) is 13.2 Å². The average Bonchev–Trinajstić information content (AvgIpc) is 3.09. The fraction of sp³-hybridized carbons (Fsp3) is 0.440. The molecule has 0 saturated carbocycles. The van der Waals surface area contributed by atoms with Crippen LogP contribution in [0.5, 0.6) is 0 Å². The zero-order chi connectivity index (χ0) is 25.2. The van der Waals surface area contributed by atoms with Crippen LogP contribution in [0.25, 0.3) is 11.0 Å². The molecule has 0 radical (unpaired) electrons. The van der Waals surface area contributed by atoms with Gasteiger partial charge < -0.3 is 5.32 Å². The molecular formula is C25H32N6O3S. The van der Waals surface area contributed by atoms with E-state index < -0.39 is 10.0 Å². The number of fused-ring (bicyclic) bond motifs is 1. The number of hydrogen-bond acceptors (Lipinski definition) is 6. The van der Waals surface area contributed by atoms with Crippen molar-refractivity contribution in [3.63, 3.8) is 0 Å². The summed E-state index contributed by atoms with van der Waals surface area (Å²) in [4.78, 5) is 22.4. The van der Waals surface area contributed by atoms with Gasteiger partial charge in [-0.25, -0.2) is 18.1 Å². The largest absolute Gasteiger partial charge is 0.322 e. The summed E-state index contributed by atoms with van der Waals surface area (Å²) in [5.74, 6) is 0.338. The zero-order valence-corrected chi connectivity index (χ0v) is 21.4. The second kappa shape index (κ2) is 10.2. The van der Waals surface area contributed by atoms with Crippen LogP contribution >= 0.6 is 0 Å². The van der Waals surface area contributed by atoms with Crippen molar-refractivity contribution >= 4 is 38.5 Å². The molecule has 1 aromatic carbocycles. The lowest BCUT2D eigenvalue weighted by Crippen LogP contribution is -2.30. The number of benzene rings is 1. The van der Waals surface area contributed by atoms with Gasteiger partial charge in [-0.05, 0) is 62.9 Å². The van der Waals surface area contributed by atoms with Crippen LogP contribution in [0.15, 0.2) is 46.4 Å². The highest BCUT2D eigenvalue weighted by Crippen LogP contribution is 2.25. The highest BCUT2D eigenvalue weighted by atomic mass is 32.2. The fourth-order valence-corrected chi connectivity index (χ4v) is 5.08. The number of anilines is 1. The van der Waals surface area contributed by atoms with Crippen LogP contribution in [0, 0.1) is 0 Å². The zero-order valence-electron chi connectivity index (χ0n) is 20.6. The van der Waals surface area contributed by atoms with Crippen molar-refractivity contribution in [2.75, 3.05) is 11.9 Å². The molecule has 9 nitrogen and oxygen atoms in total. The average molecular weight is 497 g/mol. The first-order chi connectivity index (χ1) is 16.7. The Morgan fingerprint density at radius 2 is 1.80 bits per heavy atom. The van der Waals surface area contributed by atoms with Crippen molar-refractivity contribution in [3.8, 4) is 0 Å². The number of amidine groups is 1. The summed E-state index contributed by atoms with van der Waals surface area (Å²) in [5, 5.41) is 7.98. The first-order valence-electron chi connectivity index (χ1n) is 12.0. The van der Waals surface area contributed by atoms with Gasteiger partial charge in [0.1, 0.15) is 5.84 Å². The summed E-state index contributed by atoms with van der Waals surface area (Å²) in [6, 6.07) is 8.03. The number of carbonyl (C=O) groups excluding carboxylic acids is 1. The van der Waals surface area contributed by atoms with Crippen LogP contribution in [0.1, 0.15) is 81.4 Å². The van der Waals surface area contributed by atoms with E-state index in [4.69, 9.17) is 4.98 Å². The number of aromatic nitrogens is 3. The van der Waals surface area contributed by atoms with Crippen LogP contribution in [0.4, 0.5) is 5.69 Å². The van der Waals surface area contributed by atoms with E-state index in [-0.39, 0.29) is 22.8 Å². The molecule has 186 valence electrons. The molecule has 0 aliphatic carbocycles. The lowest BCUT2D eigenvalue weighted by atomic mass is 10.0. The molecule has 35 heavy (non-hydrogen) atoms. The molecule has 0 spiro atoms. The molecule has 3 aromatic rings. The van der Waals surface area contributed by atoms with Gasteiger partial charge in [0.05, 0.1) is 22.0 Å². The maximum Gasteiger partial charge on any atom is 0.262 e. The third-order valence-corrected chi connectivity index (χ3v) is 7.36. The fourth-order valence-electron chi connectivity index (χ4n) is 3.99. The molecule has 0 unspecified atom stereocenters. The van der Waals surface area contributed by atoms with E-state index in [1.54, 1.807) is 24.4 Å². The summed E-state index contributed by atoms with van der Waals surface area (Å²) in [6.07, 6.45) is 5.23. The van der Waals surface area contributed by atoms with Gasteiger partial charge in [0.2, 0.25) is 0 Å². The highest BCUT2D eigenvalue weighted by molar-refractivity contribution is 7.90. The predicted molar refractivity (Wildman–Crippen MR) is 137 cm³/mol. The number of nitrogens with zero attached hydrogens (tertiary/aromatic N) is 4. The topological polar surface area (TPSA) is 118 Å². The van der Waals surface area contributed by atoms with Crippen LogP contribution in [-0.2, 0) is 10.0 Å². The summed E-state index contributed by atoms with van der Waals surface area (Å²) in [7, 11) is -3.74. The second-order valence-corrected chi connectivity index (χ2v) is 11.1. The normalized spacial score (nSPS) is 14.7. The minimum atomic E-state index is -3.74. The van der Waals surface area contributed by atoms with Gasteiger partial charge in [0.25, 0.3) is 15.9 Å². The van der Waals surface area contributed by atoms with E-state index in [1.807, 2.05) is 32.4 Å². The first kappa shape index (κ1) is 24.8. The lowest BCUT2D eigenvalue weighted by Gasteiger charge is -2.13. The van der Waals surface area contributed by atoms with E-state index in [2.05, 4.69) is 20.1 Å². The smallest absolute Gasteiger partial charge is 0.262 e. The molecule has 1 aliphatic heterocycles. The molecule has 2 aromatic heterocycles. The van der Waals surface area contributed by atoms with Crippen molar-refractivity contribution in [1.82, 2.24) is 19.5 Å². The molecule has 3 heterocycles. The maximum absolute atomic E-state index is 13.2. The van der Waals surface area contributed by atoms with Gasteiger partial charge in [0.15, 0.2) is 5.65 Å². The number of pyridine rings is 1. The molecular weight excluding hydrogens is 464 g/mol. The molecule has 10 heteroatoms. The standard InChI is InChI=1S/C25H32N6O3S/c1-16(2)22-14-20(21-15-27-31(17(3)4)24(21)29-22)25(32)28-18-9-11-19(12-10-18)35(33,34)30-23-8-6-5-7-13-26-23/h9-12,14-17H,5-8,13H2,1-4H3,(H,26,30)(H,28,32). The van der Waals surface area contributed by atoms with Crippen LogP contribution < -0.4 is 10.0 Å². The molecule has 0 bridgehead atoms. The molecule has 2 N–H and O–H groups in total. The third-order valence-electron chi connectivity index (χ3n) is 5.96. The first-order valence-corrected chi connectivity index (χ1v) is 13.5. The molecule has 0 fully saturated rings. The Labute approximate surface area is 206 Å². The van der Waals surface area contributed by atoms with Crippen molar-refractivity contribution in [2.45, 2.75) is 70.2 Å². The number of carbonyl (C=O) groups is 1. The van der Waals surface area contributed by atoms with Gasteiger partial charge in [-0.15, -0.1) is 0 Å².